The van der Waals surface area contributed by atoms with E-state index in [2.05, 4.69) is 0 Å². The van der Waals surface area contributed by atoms with Crippen LogP contribution in [-0.4, -0.2) is 12.7 Å². The lowest BCUT2D eigenvalue weighted by atomic mass is 9.92. The van der Waals surface area contributed by atoms with E-state index in [0.29, 0.717) is 10.0 Å². The van der Waals surface area contributed by atoms with E-state index in [-0.39, 0.29) is 6.04 Å². The SMILES string of the molecule is COC(C)(C)C(N)c1cc(Cl)ccc1Cl. The molecule has 0 fully saturated rings. The summed E-state index contributed by atoms with van der Waals surface area (Å²) in [5.74, 6) is 0. The van der Waals surface area contributed by atoms with Gasteiger partial charge in [-0.3, -0.25) is 0 Å². The van der Waals surface area contributed by atoms with Crippen molar-refractivity contribution >= 4 is 23.2 Å². The molecule has 1 atom stereocenters. The predicted octanol–water partition coefficient (Wildman–Crippen LogP) is 3.42. The third-order valence-electron chi connectivity index (χ3n) is 2.57. The van der Waals surface area contributed by atoms with Gasteiger partial charge < -0.3 is 10.5 Å². The van der Waals surface area contributed by atoms with Crippen molar-refractivity contribution in [1.29, 1.82) is 0 Å². The summed E-state index contributed by atoms with van der Waals surface area (Å²) in [4.78, 5) is 0. The number of halogens is 2. The highest BCUT2D eigenvalue weighted by Gasteiger charge is 2.28. The van der Waals surface area contributed by atoms with Gasteiger partial charge in [0.1, 0.15) is 0 Å². The van der Waals surface area contributed by atoms with Crippen LogP contribution in [0, 0.1) is 0 Å². The Kier molecular flexibility index (Phi) is 4.01. The van der Waals surface area contributed by atoms with E-state index in [1.54, 1.807) is 25.3 Å². The predicted molar refractivity (Wildman–Crippen MR) is 64.5 cm³/mol. The first-order valence-corrected chi connectivity index (χ1v) is 5.39. The van der Waals surface area contributed by atoms with Gasteiger partial charge in [0, 0.05) is 17.2 Å². The third kappa shape index (κ3) is 2.85. The molecule has 0 aliphatic rings. The molecular weight excluding hydrogens is 233 g/mol. The molecule has 0 aliphatic carbocycles. The van der Waals surface area contributed by atoms with E-state index >= 15 is 0 Å². The maximum atomic E-state index is 6.08. The quantitative estimate of drug-likeness (QED) is 0.889. The molecule has 15 heavy (non-hydrogen) atoms. The maximum absolute atomic E-state index is 6.08. The molecule has 1 aromatic rings. The Morgan fingerprint density at radius 1 is 1.33 bits per heavy atom. The van der Waals surface area contributed by atoms with Crippen molar-refractivity contribution < 1.29 is 4.74 Å². The smallest absolute Gasteiger partial charge is 0.0815 e. The third-order valence-corrected chi connectivity index (χ3v) is 3.15. The van der Waals surface area contributed by atoms with Crippen molar-refractivity contribution in [3.63, 3.8) is 0 Å². The summed E-state index contributed by atoms with van der Waals surface area (Å²) < 4.78 is 5.32. The Bertz CT molecular complexity index is 352. The minimum Gasteiger partial charge on any atom is -0.377 e. The number of benzene rings is 1. The van der Waals surface area contributed by atoms with Crippen LogP contribution >= 0.6 is 23.2 Å². The van der Waals surface area contributed by atoms with Crippen molar-refractivity contribution in [2.45, 2.75) is 25.5 Å². The van der Waals surface area contributed by atoms with Gasteiger partial charge in [0.15, 0.2) is 0 Å². The number of methoxy groups -OCH3 is 1. The van der Waals surface area contributed by atoms with E-state index in [0.717, 1.165) is 5.56 Å². The molecule has 0 heterocycles. The van der Waals surface area contributed by atoms with Crippen LogP contribution in [0.5, 0.6) is 0 Å². The maximum Gasteiger partial charge on any atom is 0.0815 e. The van der Waals surface area contributed by atoms with Crippen LogP contribution in [0.2, 0.25) is 10.0 Å². The molecule has 0 saturated carbocycles. The first-order chi connectivity index (χ1) is 6.88. The van der Waals surface area contributed by atoms with Crippen LogP contribution in [-0.2, 0) is 4.74 Å². The summed E-state index contributed by atoms with van der Waals surface area (Å²) in [6.45, 7) is 3.82. The number of ether oxygens (including phenoxy) is 1. The topological polar surface area (TPSA) is 35.2 Å². The van der Waals surface area contributed by atoms with Crippen molar-refractivity contribution in [3.8, 4) is 0 Å². The number of nitrogens with two attached hydrogens (primary N) is 1. The standard InChI is InChI=1S/C11H15Cl2NO/c1-11(2,15-3)10(14)8-6-7(12)4-5-9(8)13/h4-6,10H,14H2,1-3H3. The highest BCUT2D eigenvalue weighted by Crippen LogP contribution is 2.32. The van der Waals surface area contributed by atoms with Gasteiger partial charge in [-0.05, 0) is 37.6 Å². The van der Waals surface area contributed by atoms with Gasteiger partial charge in [0.05, 0.1) is 11.6 Å². The van der Waals surface area contributed by atoms with Gasteiger partial charge in [-0.1, -0.05) is 23.2 Å². The zero-order valence-electron chi connectivity index (χ0n) is 9.05. The van der Waals surface area contributed by atoms with Gasteiger partial charge in [-0.25, -0.2) is 0 Å². The second kappa shape index (κ2) is 4.71. The van der Waals surface area contributed by atoms with Crippen LogP contribution < -0.4 is 5.73 Å². The number of rotatable bonds is 3. The normalized spacial score (nSPS) is 14.0. The monoisotopic (exact) mass is 247 g/mol. The van der Waals surface area contributed by atoms with Crippen molar-refractivity contribution in [1.82, 2.24) is 0 Å². The molecule has 0 aromatic heterocycles. The fraction of sp³-hybridized carbons (Fsp3) is 0.455. The van der Waals surface area contributed by atoms with Crippen LogP contribution in [0.1, 0.15) is 25.5 Å². The lowest BCUT2D eigenvalue weighted by molar-refractivity contribution is -0.00000637. The van der Waals surface area contributed by atoms with Gasteiger partial charge in [0.2, 0.25) is 0 Å². The highest BCUT2D eigenvalue weighted by molar-refractivity contribution is 6.33. The minimum atomic E-state index is -0.478. The number of hydrogen-bond donors (Lipinski definition) is 1. The van der Waals surface area contributed by atoms with Gasteiger partial charge in [-0.2, -0.15) is 0 Å². The van der Waals surface area contributed by atoms with Crippen LogP contribution in [0.25, 0.3) is 0 Å². The Morgan fingerprint density at radius 2 is 1.93 bits per heavy atom. The summed E-state index contributed by atoms with van der Waals surface area (Å²) in [5.41, 5.74) is 6.41. The van der Waals surface area contributed by atoms with Gasteiger partial charge in [-0.15, -0.1) is 0 Å². The molecule has 1 unspecified atom stereocenters. The van der Waals surface area contributed by atoms with E-state index in [9.17, 15) is 0 Å². The fourth-order valence-electron chi connectivity index (χ4n) is 1.25. The average Bonchev–Trinajstić information content (AvgIpc) is 2.20. The molecular formula is C11H15Cl2NO. The Balaban J connectivity index is 3.10. The molecule has 0 bridgehead atoms. The number of hydrogen-bond acceptors (Lipinski definition) is 2. The molecule has 4 heteroatoms. The minimum absolute atomic E-state index is 0.311. The molecule has 0 amide bonds. The summed E-state index contributed by atoms with van der Waals surface area (Å²) in [6.07, 6.45) is 0. The van der Waals surface area contributed by atoms with E-state index in [1.807, 2.05) is 13.8 Å². The zero-order chi connectivity index (χ0) is 11.6. The molecule has 0 saturated heterocycles. The second-order valence-corrected chi connectivity index (χ2v) is 4.79. The first kappa shape index (κ1) is 12.8. The van der Waals surface area contributed by atoms with Crippen molar-refractivity contribution in [3.05, 3.63) is 33.8 Å². The van der Waals surface area contributed by atoms with Crippen LogP contribution in [0.15, 0.2) is 18.2 Å². The van der Waals surface area contributed by atoms with Crippen LogP contribution in [0.3, 0.4) is 0 Å². The van der Waals surface area contributed by atoms with E-state index in [1.165, 1.54) is 0 Å². The van der Waals surface area contributed by atoms with Gasteiger partial charge >= 0.3 is 0 Å². The average molecular weight is 248 g/mol. The molecule has 0 aliphatic heterocycles. The molecule has 2 N–H and O–H groups in total. The van der Waals surface area contributed by atoms with Crippen molar-refractivity contribution in [2.75, 3.05) is 7.11 Å². The largest absolute Gasteiger partial charge is 0.377 e. The van der Waals surface area contributed by atoms with Crippen molar-refractivity contribution in [2.24, 2.45) is 5.73 Å². The van der Waals surface area contributed by atoms with Crippen LogP contribution in [0.4, 0.5) is 0 Å². The summed E-state index contributed by atoms with van der Waals surface area (Å²) in [6, 6.07) is 4.94. The molecule has 0 radical (unpaired) electrons. The molecule has 0 spiro atoms. The molecule has 2 nitrogen and oxygen atoms in total. The molecule has 84 valence electrons. The first-order valence-electron chi connectivity index (χ1n) is 4.64. The van der Waals surface area contributed by atoms with E-state index < -0.39 is 5.60 Å². The summed E-state index contributed by atoms with van der Waals surface area (Å²) in [7, 11) is 1.62. The Morgan fingerprint density at radius 3 is 2.47 bits per heavy atom. The van der Waals surface area contributed by atoms with Gasteiger partial charge in [0.25, 0.3) is 0 Å². The van der Waals surface area contributed by atoms with E-state index in [4.69, 9.17) is 33.7 Å². The Labute approximate surface area is 100 Å². The lowest BCUT2D eigenvalue weighted by Crippen LogP contribution is -2.37. The molecule has 1 rings (SSSR count). The lowest BCUT2D eigenvalue weighted by Gasteiger charge is -2.31. The second-order valence-electron chi connectivity index (χ2n) is 3.95. The highest BCUT2D eigenvalue weighted by atomic mass is 35.5. The Hall–Kier alpha value is -0.280. The summed E-state index contributed by atoms with van der Waals surface area (Å²) >= 11 is 12.0. The fourth-order valence-corrected chi connectivity index (χ4v) is 1.67. The molecule has 1 aromatic carbocycles. The zero-order valence-corrected chi connectivity index (χ0v) is 10.6. The summed E-state index contributed by atoms with van der Waals surface area (Å²) in [5, 5.41) is 1.23.